The first-order valence-corrected chi connectivity index (χ1v) is 12.9. The number of hydrogen-bond donors (Lipinski definition) is 4. The van der Waals surface area contributed by atoms with Crippen molar-refractivity contribution in [2.75, 3.05) is 24.3 Å². The number of aliphatic carboxylic acids is 1. The molecule has 2 aliphatic heterocycles. The van der Waals surface area contributed by atoms with Gasteiger partial charge in [-0.3, -0.25) is 14.5 Å². The second-order valence-electron chi connectivity index (χ2n) is 8.23. The molecule has 0 spiro atoms. The number of nitrogens with zero attached hydrogens (tertiary/aromatic N) is 4. The van der Waals surface area contributed by atoms with Crippen LogP contribution < -0.4 is 21.4 Å². The van der Waals surface area contributed by atoms with Crippen LogP contribution in [0.4, 0.5) is 10.8 Å². The second-order valence-corrected chi connectivity index (χ2v) is 10.2. The number of rotatable bonds is 7. The van der Waals surface area contributed by atoms with E-state index in [1.165, 1.54) is 23.8 Å². The number of aromatic nitrogens is 2. The van der Waals surface area contributed by atoms with Gasteiger partial charge in [0.2, 0.25) is 5.52 Å². The molecule has 4 heterocycles. The van der Waals surface area contributed by atoms with Gasteiger partial charge in [0.15, 0.2) is 23.6 Å². The molecule has 37 heavy (non-hydrogen) atoms. The van der Waals surface area contributed by atoms with Crippen LogP contribution in [0.15, 0.2) is 58.3 Å². The number of nitrogens with two attached hydrogens (primary N) is 2. The summed E-state index contributed by atoms with van der Waals surface area (Å²) < 4.78 is 1.90. The zero-order valence-electron chi connectivity index (χ0n) is 19.5. The van der Waals surface area contributed by atoms with Gasteiger partial charge < -0.3 is 26.7 Å². The zero-order chi connectivity index (χ0) is 26.3. The number of nitrogens with one attached hydrogen (secondary N) is 1. The number of thioether (sulfide) groups is 1. The predicted molar refractivity (Wildman–Crippen MR) is 138 cm³/mol. The largest absolute Gasteiger partial charge is 0.477 e. The molecular weight excluding hydrogens is 518 g/mol. The van der Waals surface area contributed by atoms with Crippen LogP contribution in [0.3, 0.4) is 0 Å². The van der Waals surface area contributed by atoms with Crippen molar-refractivity contribution in [3.05, 3.63) is 58.9 Å². The van der Waals surface area contributed by atoms with E-state index in [4.69, 9.17) is 16.3 Å². The Morgan fingerprint density at radius 1 is 1.32 bits per heavy atom. The van der Waals surface area contributed by atoms with E-state index in [0.29, 0.717) is 17.0 Å². The molecule has 2 atom stereocenters. The molecule has 1 unspecified atom stereocenters. The second kappa shape index (κ2) is 9.71. The monoisotopic (exact) mass is 540 g/mol. The number of oxime groups is 1. The van der Waals surface area contributed by atoms with E-state index in [0.717, 1.165) is 22.2 Å². The Balaban J connectivity index is 1.39. The predicted octanol–water partition coefficient (Wildman–Crippen LogP) is 0.538. The van der Waals surface area contributed by atoms with E-state index in [-0.39, 0.29) is 28.8 Å². The molecule has 3 aromatic rings. The molecule has 0 aliphatic carbocycles. The average molecular weight is 541 g/mol. The number of hydrogen-bond acceptors (Lipinski definition) is 10. The number of anilines is 2. The smallest absolute Gasteiger partial charge is 0.352 e. The summed E-state index contributed by atoms with van der Waals surface area (Å²) in [6, 6.07) is 8.39. The van der Waals surface area contributed by atoms with E-state index in [1.54, 1.807) is 17.6 Å². The van der Waals surface area contributed by atoms with Crippen molar-refractivity contribution >= 4 is 68.3 Å². The molecule has 5 rings (SSSR count). The molecule has 12 nitrogen and oxygen atoms in total. The van der Waals surface area contributed by atoms with Crippen molar-refractivity contribution in [2.24, 2.45) is 5.16 Å². The normalized spacial score (nSPS) is 19.4. The van der Waals surface area contributed by atoms with Gasteiger partial charge in [0, 0.05) is 28.8 Å². The third kappa shape index (κ3) is 4.34. The lowest BCUT2D eigenvalue weighted by molar-refractivity contribution is -0.663. The van der Waals surface area contributed by atoms with E-state index < -0.39 is 29.2 Å². The zero-order valence-corrected chi connectivity index (χ0v) is 21.1. The minimum absolute atomic E-state index is 0.0780. The van der Waals surface area contributed by atoms with Gasteiger partial charge in [0.25, 0.3) is 11.8 Å². The molecule has 0 bridgehead atoms. The molecule has 2 aliphatic rings. The summed E-state index contributed by atoms with van der Waals surface area (Å²) >= 11 is 2.51. The van der Waals surface area contributed by atoms with Crippen LogP contribution in [0.25, 0.3) is 10.9 Å². The van der Waals surface area contributed by atoms with Crippen LogP contribution in [0.5, 0.6) is 0 Å². The summed E-state index contributed by atoms with van der Waals surface area (Å²) in [4.78, 5) is 48.3. The maximum absolute atomic E-state index is 13.1. The first-order valence-electron chi connectivity index (χ1n) is 11.0. The van der Waals surface area contributed by atoms with Gasteiger partial charge in [-0.2, -0.15) is 4.57 Å². The minimum Gasteiger partial charge on any atom is -0.477 e. The number of thiazole rings is 1. The SMILES string of the molecule is CON=C(C(=O)NC1C(=O)N2C(C(=O)O)=C(C[n+]3ccc(N)c4ccccc43)CS[C@H]12)c1csc(N)n1. The molecule has 1 saturated heterocycles. The summed E-state index contributed by atoms with van der Waals surface area (Å²) in [5, 5.41) is 18.5. The number of carbonyl (C=O) groups is 3. The highest BCUT2D eigenvalue weighted by atomic mass is 32.2. The van der Waals surface area contributed by atoms with Gasteiger partial charge in [0.1, 0.15) is 29.9 Å². The van der Waals surface area contributed by atoms with Crippen molar-refractivity contribution in [1.82, 2.24) is 15.2 Å². The number of benzene rings is 1. The molecule has 190 valence electrons. The Labute approximate surface area is 218 Å². The average Bonchev–Trinajstić information content (AvgIpc) is 3.32. The highest BCUT2D eigenvalue weighted by Gasteiger charge is 2.54. The number of nitrogen functional groups attached to an aromatic ring is 2. The Morgan fingerprint density at radius 3 is 2.81 bits per heavy atom. The quantitative estimate of drug-likeness (QED) is 0.144. The van der Waals surface area contributed by atoms with Crippen molar-refractivity contribution < 1.29 is 28.9 Å². The number of fused-ring (bicyclic) bond motifs is 2. The number of pyridine rings is 1. The van der Waals surface area contributed by atoms with Gasteiger partial charge in [-0.1, -0.05) is 17.3 Å². The van der Waals surface area contributed by atoms with Gasteiger partial charge in [0.05, 0.1) is 11.1 Å². The van der Waals surface area contributed by atoms with Crippen LogP contribution in [0.2, 0.25) is 0 Å². The fourth-order valence-corrected chi connectivity index (χ4v) is 6.24. The highest BCUT2D eigenvalue weighted by molar-refractivity contribution is 8.00. The van der Waals surface area contributed by atoms with Crippen LogP contribution in [0, 0.1) is 0 Å². The fourth-order valence-electron chi connectivity index (χ4n) is 4.36. The van der Waals surface area contributed by atoms with Crippen molar-refractivity contribution in [3.8, 4) is 0 Å². The van der Waals surface area contributed by atoms with E-state index in [1.807, 2.05) is 28.8 Å². The Kier molecular flexibility index (Phi) is 6.43. The Bertz CT molecular complexity index is 1500. The summed E-state index contributed by atoms with van der Waals surface area (Å²) in [5.41, 5.74) is 13.8. The van der Waals surface area contributed by atoms with Crippen molar-refractivity contribution in [3.63, 3.8) is 0 Å². The third-order valence-corrected chi connectivity index (χ3v) is 8.03. The first kappa shape index (κ1) is 24.5. The summed E-state index contributed by atoms with van der Waals surface area (Å²) in [5.74, 6) is -2.06. The lowest BCUT2D eigenvalue weighted by Gasteiger charge is -2.49. The third-order valence-electron chi connectivity index (χ3n) is 6.02. The van der Waals surface area contributed by atoms with Crippen molar-refractivity contribution in [2.45, 2.75) is 18.0 Å². The first-order chi connectivity index (χ1) is 17.8. The van der Waals surface area contributed by atoms with Gasteiger partial charge in [-0.25, -0.2) is 9.78 Å². The minimum atomic E-state index is -1.21. The molecular formula is C23H22N7O5S2+. The van der Waals surface area contributed by atoms with Crippen LogP contribution in [-0.2, 0) is 25.8 Å². The number of carboxylic acid groups (broad SMARTS) is 1. The topological polar surface area (TPSA) is 177 Å². The van der Waals surface area contributed by atoms with Gasteiger partial charge in [-0.05, 0) is 6.07 Å². The lowest BCUT2D eigenvalue weighted by atomic mass is 10.0. The molecule has 6 N–H and O–H groups in total. The van der Waals surface area contributed by atoms with E-state index in [2.05, 4.69) is 15.5 Å². The standard InChI is InChI=1S/C23H21N7O5S2/c1-35-28-16(14-10-37-23(25)26-14)19(31)27-17-20(32)30-18(22(33)34)11(9-36-21(17)30)8-29-7-6-13(24)12-4-2-3-5-15(12)29/h2-7,10,17,21,24H,8-9H2,1H3,(H4,25,26,27,31,33,34)/p+1/t17?,21-/m1/s1. The molecule has 2 amide bonds. The molecule has 14 heteroatoms. The number of β-lactam (4-membered cyclic amide) rings is 1. The number of para-hydroxylation sites is 1. The van der Waals surface area contributed by atoms with E-state index in [9.17, 15) is 19.5 Å². The van der Waals surface area contributed by atoms with E-state index >= 15 is 0 Å². The fraction of sp³-hybridized carbons (Fsp3) is 0.217. The lowest BCUT2D eigenvalue weighted by Crippen LogP contribution is -2.71. The number of carboxylic acids is 1. The van der Waals surface area contributed by atoms with Gasteiger partial charge in [-0.15, -0.1) is 23.1 Å². The van der Waals surface area contributed by atoms with Crippen LogP contribution >= 0.6 is 23.1 Å². The van der Waals surface area contributed by atoms with Crippen molar-refractivity contribution in [1.29, 1.82) is 0 Å². The highest BCUT2D eigenvalue weighted by Crippen LogP contribution is 2.40. The number of carbonyl (C=O) groups excluding carboxylic acids is 2. The molecule has 1 fully saturated rings. The maximum Gasteiger partial charge on any atom is 0.352 e. The summed E-state index contributed by atoms with van der Waals surface area (Å²) in [7, 11) is 1.28. The Hall–Kier alpha value is -4.17. The van der Waals surface area contributed by atoms with Gasteiger partial charge >= 0.3 is 5.97 Å². The van der Waals surface area contributed by atoms with Crippen LogP contribution in [0.1, 0.15) is 5.69 Å². The summed E-state index contributed by atoms with van der Waals surface area (Å²) in [6.45, 7) is 0.263. The summed E-state index contributed by atoms with van der Waals surface area (Å²) in [6.07, 6.45) is 1.80. The molecule has 1 aromatic carbocycles. The number of amides is 2. The molecule has 0 saturated carbocycles. The Morgan fingerprint density at radius 2 is 2.11 bits per heavy atom. The molecule has 2 aromatic heterocycles. The maximum atomic E-state index is 13.1. The van der Waals surface area contributed by atoms with Crippen LogP contribution in [-0.4, -0.2) is 62.8 Å². The molecule has 0 radical (unpaired) electrons.